The molecular weight excluding hydrogens is 130 g/mol. The third-order valence-electron chi connectivity index (χ3n) is 1.87. The second kappa shape index (κ2) is 3.55. The molecule has 0 radical (unpaired) electrons. The third kappa shape index (κ3) is 1.69. The molecule has 0 aliphatic rings. The van der Waals surface area contributed by atoms with Gasteiger partial charge in [-0.3, -0.25) is 0 Å². The predicted octanol–water partition coefficient (Wildman–Crippen LogP) is 0.686. The summed E-state index contributed by atoms with van der Waals surface area (Å²) < 4.78 is 4.97. The number of hydrogen-bond donors (Lipinski definition) is 1. The van der Waals surface area contributed by atoms with Crippen LogP contribution in [-0.4, -0.2) is 23.9 Å². The van der Waals surface area contributed by atoms with E-state index in [0.29, 0.717) is 6.42 Å². The molecule has 2 unspecified atom stereocenters. The van der Waals surface area contributed by atoms with Crippen LogP contribution in [0, 0.1) is 11.3 Å². The van der Waals surface area contributed by atoms with E-state index in [0.717, 1.165) is 0 Å². The largest absolute Gasteiger partial charge is 0.375 e. The first-order valence-corrected chi connectivity index (χ1v) is 3.23. The summed E-state index contributed by atoms with van der Waals surface area (Å²) in [5.41, 5.74) is -0.714. The van der Waals surface area contributed by atoms with E-state index in [1.165, 1.54) is 7.11 Å². The lowest BCUT2D eigenvalue weighted by Crippen LogP contribution is -2.39. The minimum Gasteiger partial charge on any atom is -0.375 e. The molecule has 58 valence electrons. The van der Waals surface area contributed by atoms with Crippen LogP contribution in [0.25, 0.3) is 0 Å². The van der Waals surface area contributed by atoms with E-state index in [2.05, 4.69) is 0 Å². The van der Waals surface area contributed by atoms with Gasteiger partial charge in [-0.05, 0) is 13.3 Å². The quantitative estimate of drug-likeness (QED) is 0.591. The summed E-state index contributed by atoms with van der Waals surface area (Å²) in [6.45, 7) is 3.57. The third-order valence-corrected chi connectivity index (χ3v) is 1.87. The zero-order valence-corrected chi connectivity index (χ0v) is 6.59. The second-order valence-corrected chi connectivity index (χ2v) is 2.40. The van der Waals surface area contributed by atoms with E-state index < -0.39 is 11.7 Å². The van der Waals surface area contributed by atoms with Crippen LogP contribution >= 0.6 is 0 Å². The molecule has 0 amide bonds. The SMILES string of the molecule is CCC(C)(OC)C(O)C#N. The van der Waals surface area contributed by atoms with Crippen molar-refractivity contribution in [2.45, 2.75) is 32.0 Å². The first-order chi connectivity index (χ1) is 4.60. The molecule has 1 N–H and O–H groups in total. The van der Waals surface area contributed by atoms with Gasteiger partial charge in [0.15, 0.2) is 6.10 Å². The topological polar surface area (TPSA) is 53.2 Å². The van der Waals surface area contributed by atoms with Crippen LogP contribution in [0.5, 0.6) is 0 Å². The zero-order valence-electron chi connectivity index (χ0n) is 6.59. The van der Waals surface area contributed by atoms with Crippen molar-refractivity contribution < 1.29 is 9.84 Å². The maximum absolute atomic E-state index is 9.09. The van der Waals surface area contributed by atoms with Gasteiger partial charge in [0.2, 0.25) is 0 Å². The van der Waals surface area contributed by atoms with Gasteiger partial charge in [0.25, 0.3) is 0 Å². The summed E-state index contributed by atoms with van der Waals surface area (Å²) in [7, 11) is 1.49. The van der Waals surface area contributed by atoms with Gasteiger partial charge in [0, 0.05) is 7.11 Å². The highest BCUT2D eigenvalue weighted by Gasteiger charge is 2.30. The van der Waals surface area contributed by atoms with Gasteiger partial charge < -0.3 is 9.84 Å². The molecule has 0 saturated heterocycles. The molecule has 0 fully saturated rings. The maximum atomic E-state index is 9.09. The van der Waals surface area contributed by atoms with E-state index in [9.17, 15) is 0 Å². The Kier molecular flexibility index (Phi) is 3.34. The standard InChI is InChI=1S/C7H13NO2/c1-4-7(2,10-3)6(9)5-8/h6,9H,4H2,1-3H3. The minimum atomic E-state index is -1.04. The summed E-state index contributed by atoms with van der Waals surface area (Å²) in [5.74, 6) is 0. The molecule has 0 bridgehead atoms. The molecule has 0 saturated carbocycles. The monoisotopic (exact) mass is 143 g/mol. The fraction of sp³-hybridized carbons (Fsp3) is 0.857. The number of rotatable bonds is 3. The van der Waals surface area contributed by atoms with Gasteiger partial charge in [0.05, 0.1) is 6.07 Å². The average molecular weight is 143 g/mol. The van der Waals surface area contributed by atoms with Gasteiger partial charge >= 0.3 is 0 Å². The van der Waals surface area contributed by atoms with Crippen molar-refractivity contribution in [2.24, 2.45) is 0 Å². The predicted molar refractivity (Wildman–Crippen MR) is 37.3 cm³/mol. The molecule has 3 nitrogen and oxygen atoms in total. The van der Waals surface area contributed by atoms with Gasteiger partial charge in [-0.15, -0.1) is 0 Å². The number of methoxy groups -OCH3 is 1. The van der Waals surface area contributed by atoms with Crippen molar-refractivity contribution in [2.75, 3.05) is 7.11 Å². The molecule has 3 heteroatoms. The minimum absolute atomic E-state index is 0.623. The van der Waals surface area contributed by atoms with Crippen LogP contribution in [0.4, 0.5) is 0 Å². The number of hydrogen-bond acceptors (Lipinski definition) is 3. The van der Waals surface area contributed by atoms with Gasteiger partial charge in [-0.25, -0.2) is 0 Å². The fourth-order valence-corrected chi connectivity index (χ4v) is 0.586. The van der Waals surface area contributed by atoms with Crippen molar-refractivity contribution in [1.82, 2.24) is 0 Å². The summed E-state index contributed by atoms with van der Waals surface area (Å²) >= 11 is 0. The van der Waals surface area contributed by atoms with Crippen molar-refractivity contribution in [3.8, 4) is 6.07 Å². The molecule has 0 aromatic rings. The highest BCUT2D eigenvalue weighted by Crippen LogP contribution is 2.17. The number of aliphatic hydroxyl groups is 1. The molecule has 0 spiro atoms. The first-order valence-electron chi connectivity index (χ1n) is 3.23. The molecule has 0 aliphatic heterocycles. The van der Waals surface area contributed by atoms with E-state index in [1.807, 2.05) is 6.92 Å². The van der Waals surface area contributed by atoms with Gasteiger partial charge in [0.1, 0.15) is 5.60 Å². The number of ether oxygens (including phenoxy) is 1. The van der Waals surface area contributed by atoms with Gasteiger partial charge in [-0.2, -0.15) is 5.26 Å². The zero-order chi connectivity index (χ0) is 8.20. The van der Waals surface area contributed by atoms with Crippen molar-refractivity contribution in [1.29, 1.82) is 5.26 Å². The summed E-state index contributed by atoms with van der Waals surface area (Å²) in [6, 6.07) is 1.74. The molecule has 10 heavy (non-hydrogen) atoms. The molecule has 0 aliphatic carbocycles. The lowest BCUT2D eigenvalue weighted by molar-refractivity contribution is -0.0690. The van der Waals surface area contributed by atoms with Crippen LogP contribution in [0.3, 0.4) is 0 Å². The van der Waals surface area contributed by atoms with E-state index in [1.54, 1.807) is 13.0 Å². The van der Waals surface area contributed by atoms with Crippen LogP contribution in [0.2, 0.25) is 0 Å². The number of nitriles is 1. The highest BCUT2D eigenvalue weighted by atomic mass is 16.5. The Morgan fingerprint density at radius 1 is 1.80 bits per heavy atom. The molecule has 2 atom stereocenters. The van der Waals surface area contributed by atoms with Crippen LogP contribution < -0.4 is 0 Å². The van der Waals surface area contributed by atoms with Gasteiger partial charge in [-0.1, -0.05) is 6.92 Å². The Morgan fingerprint density at radius 2 is 2.30 bits per heavy atom. The number of aliphatic hydroxyl groups excluding tert-OH is 1. The lowest BCUT2D eigenvalue weighted by atomic mass is 9.97. The summed E-state index contributed by atoms with van der Waals surface area (Å²) in [5, 5.41) is 17.4. The molecule has 0 aromatic carbocycles. The second-order valence-electron chi connectivity index (χ2n) is 2.40. The molecule has 0 aromatic heterocycles. The Hall–Kier alpha value is -0.590. The summed E-state index contributed by atoms with van der Waals surface area (Å²) in [4.78, 5) is 0. The first kappa shape index (κ1) is 9.41. The molecule has 0 rings (SSSR count). The Morgan fingerprint density at radius 3 is 2.40 bits per heavy atom. The Balaban J connectivity index is 4.20. The van der Waals surface area contributed by atoms with E-state index in [-0.39, 0.29) is 0 Å². The van der Waals surface area contributed by atoms with E-state index in [4.69, 9.17) is 15.1 Å². The Labute approximate surface area is 61.2 Å². The van der Waals surface area contributed by atoms with Crippen LogP contribution in [0.1, 0.15) is 20.3 Å². The fourth-order valence-electron chi connectivity index (χ4n) is 0.586. The highest BCUT2D eigenvalue weighted by molar-refractivity contribution is 4.96. The average Bonchev–Trinajstić information content (AvgIpc) is 2.01. The molecular formula is C7H13NO2. The van der Waals surface area contributed by atoms with E-state index >= 15 is 0 Å². The Bertz CT molecular complexity index is 135. The number of nitrogens with zero attached hydrogens (tertiary/aromatic N) is 1. The maximum Gasteiger partial charge on any atom is 0.168 e. The summed E-state index contributed by atoms with van der Waals surface area (Å²) in [6.07, 6.45) is -0.416. The van der Waals surface area contributed by atoms with Crippen molar-refractivity contribution >= 4 is 0 Å². The van der Waals surface area contributed by atoms with Crippen molar-refractivity contribution in [3.05, 3.63) is 0 Å². The normalized spacial score (nSPS) is 19.1. The van der Waals surface area contributed by atoms with Crippen LogP contribution in [-0.2, 0) is 4.74 Å². The molecule has 0 heterocycles. The smallest absolute Gasteiger partial charge is 0.168 e. The van der Waals surface area contributed by atoms with Crippen LogP contribution in [0.15, 0.2) is 0 Å². The lowest BCUT2D eigenvalue weighted by Gasteiger charge is -2.27. The van der Waals surface area contributed by atoms with Crippen molar-refractivity contribution in [3.63, 3.8) is 0 Å².